The van der Waals surface area contributed by atoms with Crippen molar-refractivity contribution in [3.63, 3.8) is 0 Å². The predicted molar refractivity (Wildman–Crippen MR) is 132 cm³/mol. The molecule has 0 unspecified atom stereocenters. The first-order chi connectivity index (χ1) is 18.1. The van der Waals surface area contributed by atoms with Gasteiger partial charge in [0.2, 0.25) is 0 Å². The highest BCUT2D eigenvalue weighted by Gasteiger charge is 2.41. The van der Waals surface area contributed by atoms with Crippen LogP contribution in [0.25, 0.3) is 11.3 Å². The topological polar surface area (TPSA) is 124 Å². The average Bonchev–Trinajstić information content (AvgIpc) is 3.32. The van der Waals surface area contributed by atoms with Crippen LogP contribution in [0.2, 0.25) is 5.02 Å². The lowest BCUT2D eigenvalue weighted by molar-refractivity contribution is -0.137. The van der Waals surface area contributed by atoms with Gasteiger partial charge in [0.25, 0.3) is 0 Å². The molecule has 0 spiro atoms. The third-order valence-corrected chi connectivity index (χ3v) is 6.50. The molecule has 2 aromatic heterocycles. The number of ether oxygens (including phenoxy) is 1. The molecule has 2 bridgehead atoms. The second-order valence-electron chi connectivity index (χ2n) is 8.83. The number of nitrogens with one attached hydrogen (secondary N) is 1. The Balaban J connectivity index is 1.43. The summed E-state index contributed by atoms with van der Waals surface area (Å²) in [4.78, 5) is 29.5. The minimum atomic E-state index is -4.53. The number of amides is 2. The molecule has 3 N–H and O–H groups in total. The largest absolute Gasteiger partial charge is 0.461 e. The summed E-state index contributed by atoms with van der Waals surface area (Å²) in [6.45, 7) is 0.543. The zero-order valence-electron chi connectivity index (χ0n) is 19.7. The van der Waals surface area contributed by atoms with E-state index in [1.165, 1.54) is 29.4 Å². The van der Waals surface area contributed by atoms with Crippen molar-refractivity contribution in [3.05, 3.63) is 53.3 Å². The Morgan fingerprint density at radius 2 is 2.03 bits per heavy atom. The second-order valence-corrected chi connectivity index (χ2v) is 9.24. The lowest BCUT2D eigenvalue weighted by Crippen LogP contribution is -2.48. The van der Waals surface area contributed by atoms with Crippen molar-refractivity contribution in [1.29, 1.82) is 0 Å². The van der Waals surface area contributed by atoms with Gasteiger partial charge in [0.1, 0.15) is 12.7 Å². The molecule has 2 aliphatic rings. The van der Waals surface area contributed by atoms with Gasteiger partial charge in [-0.1, -0.05) is 23.7 Å². The first-order valence-electron chi connectivity index (χ1n) is 11.6. The number of aromatic nitrogens is 3. The fourth-order valence-electron chi connectivity index (χ4n) is 4.39. The summed E-state index contributed by atoms with van der Waals surface area (Å²) >= 11 is 6.48. The number of alkyl halides is 3. The third kappa shape index (κ3) is 5.17. The van der Waals surface area contributed by atoms with Crippen LogP contribution in [0, 0.1) is 0 Å². The lowest BCUT2D eigenvalue weighted by Gasteiger charge is -2.36. The molecule has 0 aliphatic carbocycles. The maximum absolute atomic E-state index is 13.4. The number of hydrogen-bond donors (Lipinski definition) is 3. The molecule has 2 amide bonds. The number of anilines is 3. The van der Waals surface area contributed by atoms with Gasteiger partial charge in [-0.2, -0.15) is 13.2 Å². The molecule has 0 saturated carbocycles. The SMILES string of the molecule is O=C(Nc1cnc(OC[C@H](O)CO)nc1)N1c2nc(-c3cccc(C(F)(F)F)c3)c(Cl)cc2N2CC[C@H]1C2. The van der Waals surface area contributed by atoms with Crippen LogP contribution in [-0.2, 0) is 6.18 Å². The Labute approximate surface area is 219 Å². The minimum Gasteiger partial charge on any atom is -0.461 e. The predicted octanol–water partition coefficient (Wildman–Crippen LogP) is 3.57. The number of halogens is 4. The van der Waals surface area contributed by atoms with E-state index < -0.39 is 30.5 Å². The Morgan fingerprint density at radius 3 is 2.74 bits per heavy atom. The van der Waals surface area contributed by atoms with Crippen molar-refractivity contribution in [2.45, 2.75) is 24.7 Å². The number of aliphatic hydroxyl groups excluding tert-OH is 2. The van der Waals surface area contributed by atoms with Crippen LogP contribution >= 0.6 is 11.6 Å². The molecule has 0 radical (unpaired) electrons. The van der Waals surface area contributed by atoms with E-state index >= 15 is 0 Å². The number of pyridine rings is 1. The van der Waals surface area contributed by atoms with Gasteiger partial charge in [-0.3, -0.25) is 4.90 Å². The van der Waals surface area contributed by atoms with Crippen molar-refractivity contribution >= 4 is 34.8 Å². The molecule has 3 aromatic rings. The van der Waals surface area contributed by atoms with Crippen LogP contribution in [0.3, 0.4) is 0 Å². The fourth-order valence-corrected chi connectivity index (χ4v) is 4.65. The third-order valence-electron chi connectivity index (χ3n) is 6.21. The number of aliphatic hydroxyl groups is 2. The van der Waals surface area contributed by atoms with Gasteiger partial charge < -0.3 is 25.2 Å². The van der Waals surface area contributed by atoms with Crippen molar-refractivity contribution in [3.8, 4) is 17.3 Å². The maximum atomic E-state index is 13.4. The number of urea groups is 1. The number of fused-ring (bicyclic) bond motifs is 4. The Bertz CT molecular complexity index is 1340. The quantitative estimate of drug-likeness (QED) is 0.425. The number of carbonyl (C=O) groups excluding carboxylic acids is 1. The maximum Gasteiger partial charge on any atom is 0.416 e. The van der Waals surface area contributed by atoms with Crippen molar-refractivity contribution < 1.29 is 32.9 Å². The summed E-state index contributed by atoms with van der Waals surface area (Å²) in [6, 6.07) is 5.55. The van der Waals surface area contributed by atoms with Crippen LogP contribution in [0.5, 0.6) is 6.01 Å². The van der Waals surface area contributed by atoms with E-state index in [0.717, 1.165) is 12.1 Å². The monoisotopic (exact) mass is 550 g/mol. The van der Waals surface area contributed by atoms with E-state index in [9.17, 15) is 23.1 Å². The molecule has 38 heavy (non-hydrogen) atoms. The zero-order valence-corrected chi connectivity index (χ0v) is 20.4. The van der Waals surface area contributed by atoms with Gasteiger partial charge in [-0.05, 0) is 24.6 Å². The zero-order chi connectivity index (χ0) is 27.0. The number of carbonyl (C=O) groups is 1. The molecule has 10 nitrogen and oxygen atoms in total. The van der Waals surface area contributed by atoms with Gasteiger partial charge in [-0.15, -0.1) is 0 Å². The first-order valence-corrected chi connectivity index (χ1v) is 12.0. The molecule has 1 aromatic carbocycles. The standard InChI is InChI=1S/C24H22ClF3N6O4/c25-18-7-19-21(32-20(18)13-2-1-3-14(6-13)24(26,27)28)34(16-4-5-33(19)10-16)23(37)31-15-8-29-22(30-9-15)38-12-17(36)11-35/h1-3,6-9,16-17,35-36H,4-5,10-12H2,(H,31,37)/t16-,17+/m0/s1. The van der Waals surface area contributed by atoms with Crippen molar-refractivity contribution in [2.24, 2.45) is 0 Å². The molecule has 2 atom stereocenters. The molecule has 4 heterocycles. The highest BCUT2D eigenvalue weighted by Crippen LogP contribution is 2.43. The van der Waals surface area contributed by atoms with E-state index in [1.54, 1.807) is 6.07 Å². The summed E-state index contributed by atoms with van der Waals surface area (Å²) < 4.78 is 45.1. The van der Waals surface area contributed by atoms with Crippen LogP contribution in [-0.4, -0.2) is 69.6 Å². The number of rotatable bonds is 6. The molecule has 5 rings (SSSR count). The first kappa shape index (κ1) is 25.9. The van der Waals surface area contributed by atoms with Crippen LogP contribution in [0.15, 0.2) is 42.7 Å². The number of nitrogens with zero attached hydrogens (tertiary/aromatic N) is 5. The molecular formula is C24H22ClF3N6O4. The lowest BCUT2D eigenvalue weighted by atomic mass is 10.1. The highest BCUT2D eigenvalue weighted by atomic mass is 35.5. The average molecular weight is 551 g/mol. The Hall–Kier alpha value is -3.68. The Kier molecular flexibility index (Phi) is 6.99. The van der Waals surface area contributed by atoms with Gasteiger partial charge in [0, 0.05) is 18.7 Å². The fraction of sp³-hybridized carbons (Fsp3) is 0.333. The van der Waals surface area contributed by atoms with Crippen molar-refractivity contribution in [1.82, 2.24) is 15.0 Å². The number of benzene rings is 1. The molecule has 2 aliphatic heterocycles. The highest BCUT2D eigenvalue weighted by molar-refractivity contribution is 6.33. The van der Waals surface area contributed by atoms with Crippen LogP contribution < -0.4 is 19.9 Å². The molecule has 200 valence electrons. The van der Waals surface area contributed by atoms with Gasteiger partial charge in [0.15, 0.2) is 5.82 Å². The molecule has 1 fully saturated rings. The molecular weight excluding hydrogens is 529 g/mol. The smallest absolute Gasteiger partial charge is 0.416 e. The van der Waals surface area contributed by atoms with Crippen LogP contribution in [0.4, 0.5) is 35.2 Å². The van der Waals surface area contributed by atoms with E-state index in [0.29, 0.717) is 25.2 Å². The van der Waals surface area contributed by atoms with E-state index in [2.05, 4.69) is 20.3 Å². The summed E-state index contributed by atoms with van der Waals surface area (Å²) in [7, 11) is 0. The van der Waals surface area contributed by atoms with E-state index in [4.69, 9.17) is 21.4 Å². The minimum absolute atomic E-state index is 0.0488. The normalized spacial score (nSPS) is 17.3. The summed E-state index contributed by atoms with van der Waals surface area (Å²) in [5.74, 6) is 0.284. The van der Waals surface area contributed by atoms with E-state index in [1.807, 2.05) is 4.90 Å². The van der Waals surface area contributed by atoms with Crippen molar-refractivity contribution in [2.75, 3.05) is 41.4 Å². The van der Waals surface area contributed by atoms with Crippen LogP contribution in [0.1, 0.15) is 12.0 Å². The summed E-state index contributed by atoms with van der Waals surface area (Å²) in [6.07, 6.45) is -2.31. The van der Waals surface area contributed by atoms with Gasteiger partial charge in [0.05, 0.1) is 52.7 Å². The number of hydrogen-bond acceptors (Lipinski definition) is 8. The van der Waals surface area contributed by atoms with Gasteiger partial charge in [-0.25, -0.2) is 19.7 Å². The summed E-state index contributed by atoms with van der Waals surface area (Å²) in [5.41, 5.74) is 0.349. The molecule has 1 saturated heterocycles. The second kappa shape index (κ2) is 10.2. The summed E-state index contributed by atoms with van der Waals surface area (Å²) in [5, 5.41) is 21.1. The Morgan fingerprint density at radius 1 is 1.26 bits per heavy atom. The molecule has 14 heteroatoms. The van der Waals surface area contributed by atoms with E-state index in [-0.39, 0.29) is 46.4 Å². The van der Waals surface area contributed by atoms with Gasteiger partial charge >= 0.3 is 18.2 Å².